The number of fused-ring (bicyclic) bond motifs is 2. The molecule has 0 spiro atoms. The number of carbonyl (C=O) groups is 1. The molecule has 0 aliphatic carbocycles. The van der Waals surface area contributed by atoms with Gasteiger partial charge in [0.1, 0.15) is 5.75 Å². The highest BCUT2D eigenvalue weighted by Gasteiger charge is 2.27. The molecule has 1 aliphatic heterocycles. The van der Waals surface area contributed by atoms with Crippen molar-refractivity contribution >= 4 is 57.0 Å². The molecule has 1 aliphatic rings. The molecule has 168 valence electrons. The minimum Gasteiger partial charge on any atom is -0.492 e. The number of hydrogen-bond donors (Lipinski definition) is 1. The zero-order valence-electron chi connectivity index (χ0n) is 17.9. The molecule has 0 saturated heterocycles. The van der Waals surface area contributed by atoms with Gasteiger partial charge in [-0.1, -0.05) is 23.2 Å². The van der Waals surface area contributed by atoms with Crippen LogP contribution in [0.4, 0.5) is 5.69 Å². The largest absolute Gasteiger partial charge is 0.492 e. The van der Waals surface area contributed by atoms with Gasteiger partial charge in [0.05, 0.1) is 40.0 Å². The number of nitrogens with one attached hydrogen (secondary N) is 1. The van der Waals surface area contributed by atoms with Gasteiger partial charge in [0.2, 0.25) is 0 Å². The van der Waals surface area contributed by atoms with Crippen molar-refractivity contribution < 1.29 is 9.53 Å². The van der Waals surface area contributed by atoms with E-state index in [0.29, 0.717) is 33.4 Å². The normalized spacial score (nSPS) is 15.1. The number of rotatable bonds is 4. The second-order valence-electron chi connectivity index (χ2n) is 7.94. The van der Waals surface area contributed by atoms with Crippen molar-refractivity contribution in [1.29, 1.82) is 0 Å². The standard InChI is InChI=1S/C24H20Cl2N4O2S/c1-30(2)22-16-3-6-27-20(13-9-14(25)11-15(26)10-13)21(16)28-12-17(22)24(31)29-18-4-7-32-19-5-8-33-23(18)19/h3,5-6,8-12,18H,4,7H2,1-2H3,(H,29,31)/t18-/m1/s1. The summed E-state index contributed by atoms with van der Waals surface area (Å²) in [6.45, 7) is 0.572. The van der Waals surface area contributed by atoms with E-state index in [4.69, 9.17) is 27.9 Å². The van der Waals surface area contributed by atoms with Gasteiger partial charge in [-0.15, -0.1) is 11.3 Å². The summed E-state index contributed by atoms with van der Waals surface area (Å²) in [6.07, 6.45) is 4.04. The zero-order valence-corrected chi connectivity index (χ0v) is 20.3. The number of benzene rings is 1. The number of aromatic nitrogens is 2. The lowest BCUT2D eigenvalue weighted by atomic mass is 10.0. The lowest BCUT2D eigenvalue weighted by Crippen LogP contribution is -2.32. The van der Waals surface area contributed by atoms with Crippen LogP contribution in [-0.2, 0) is 0 Å². The van der Waals surface area contributed by atoms with Crippen LogP contribution in [0.25, 0.3) is 22.2 Å². The Labute approximate surface area is 205 Å². The highest BCUT2D eigenvalue weighted by atomic mass is 35.5. The quantitative estimate of drug-likeness (QED) is 0.374. The molecule has 0 fully saturated rings. The summed E-state index contributed by atoms with van der Waals surface area (Å²) >= 11 is 14.0. The van der Waals surface area contributed by atoms with E-state index in [-0.39, 0.29) is 11.9 Å². The van der Waals surface area contributed by atoms with Crippen LogP contribution in [0.3, 0.4) is 0 Å². The van der Waals surface area contributed by atoms with Gasteiger partial charge in [-0.2, -0.15) is 0 Å². The maximum Gasteiger partial charge on any atom is 0.255 e. The molecule has 6 nitrogen and oxygen atoms in total. The molecule has 1 amide bonds. The summed E-state index contributed by atoms with van der Waals surface area (Å²) in [5, 5.41) is 7.01. The number of anilines is 1. The van der Waals surface area contributed by atoms with E-state index < -0.39 is 0 Å². The molecular weight excluding hydrogens is 479 g/mol. The third-order valence-corrected chi connectivity index (χ3v) is 6.98. The maximum absolute atomic E-state index is 13.4. The molecule has 3 aromatic heterocycles. The van der Waals surface area contributed by atoms with E-state index in [2.05, 4.69) is 15.3 Å². The smallest absolute Gasteiger partial charge is 0.255 e. The summed E-state index contributed by atoms with van der Waals surface area (Å²) in [7, 11) is 3.82. The molecule has 5 rings (SSSR count). The Bertz CT molecular complexity index is 1350. The Morgan fingerprint density at radius 2 is 1.97 bits per heavy atom. The minimum absolute atomic E-state index is 0.0893. The van der Waals surface area contributed by atoms with Gasteiger partial charge in [-0.25, -0.2) is 0 Å². The molecular formula is C24H20Cl2N4O2S. The lowest BCUT2D eigenvalue weighted by molar-refractivity contribution is 0.0926. The highest BCUT2D eigenvalue weighted by Crippen LogP contribution is 2.38. The molecule has 1 atom stereocenters. The highest BCUT2D eigenvalue weighted by molar-refractivity contribution is 7.10. The topological polar surface area (TPSA) is 67.4 Å². The van der Waals surface area contributed by atoms with Crippen molar-refractivity contribution in [2.24, 2.45) is 0 Å². The van der Waals surface area contributed by atoms with E-state index in [9.17, 15) is 4.79 Å². The SMILES string of the molecule is CN(C)c1c(C(=O)N[C@@H]2CCOc3ccsc32)cnc2c(-c3cc(Cl)cc(Cl)c3)nccc12. The number of thiophene rings is 1. The van der Waals surface area contributed by atoms with Gasteiger partial charge >= 0.3 is 0 Å². The first kappa shape index (κ1) is 21.9. The monoisotopic (exact) mass is 498 g/mol. The molecule has 1 aromatic carbocycles. The van der Waals surface area contributed by atoms with E-state index in [1.165, 1.54) is 0 Å². The van der Waals surface area contributed by atoms with Crippen LogP contribution in [0.2, 0.25) is 10.0 Å². The van der Waals surface area contributed by atoms with Crippen molar-refractivity contribution in [3.05, 3.63) is 68.6 Å². The molecule has 9 heteroatoms. The van der Waals surface area contributed by atoms with Crippen molar-refractivity contribution in [3.8, 4) is 17.0 Å². The molecule has 1 N–H and O–H groups in total. The maximum atomic E-state index is 13.4. The fourth-order valence-electron chi connectivity index (χ4n) is 4.13. The first-order valence-electron chi connectivity index (χ1n) is 10.3. The van der Waals surface area contributed by atoms with E-state index in [1.807, 2.05) is 36.5 Å². The van der Waals surface area contributed by atoms with Crippen molar-refractivity contribution in [2.45, 2.75) is 12.5 Å². The third kappa shape index (κ3) is 4.12. The molecule has 4 aromatic rings. The Balaban J connectivity index is 1.58. The average molecular weight is 499 g/mol. The number of ether oxygens (including phenoxy) is 1. The zero-order chi connectivity index (χ0) is 23.1. The Morgan fingerprint density at radius 3 is 2.73 bits per heavy atom. The van der Waals surface area contributed by atoms with Crippen molar-refractivity contribution in [3.63, 3.8) is 0 Å². The molecule has 0 radical (unpaired) electrons. The number of hydrogen-bond acceptors (Lipinski definition) is 6. The van der Waals surface area contributed by atoms with Crippen LogP contribution in [0.15, 0.2) is 48.1 Å². The van der Waals surface area contributed by atoms with E-state index in [1.54, 1.807) is 41.9 Å². The first-order valence-corrected chi connectivity index (χ1v) is 12.0. The number of halogens is 2. The summed E-state index contributed by atoms with van der Waals surface area (Å²) in [5.74, 6) is 0.667. The Kier molecular flexibility index (Phi) is 5.86. The second kappa shape index (κ2) is 8.82. The van der Waals surface area contributed by atoms with E-state index >= 15 is 0 Å². The van der Waals surface area contributed by atoms with Crippen LogP contribution in [0.1, 0.15) is 27.7 Å². The fourth-order valence-corrected chi connectivity index (χ4v) is 5.58. The third-order valence-electron chi connectivity index (χ3n) is 5.53. The minimum atomic E-state index is -0.177. The van der Waals surface area contributed by atoms with Gasteiger partial charge < -0.3 is 15.0 Å². The Hall–Kier alpha value is -2.87. The number of amides is 1. The van der Waals surface area contributed by atoms with Gasteiger partial charge in [0.25, 0.3) is 5.91 Å². The van der Waals surface area contributed by atoms with Crippen molar-refractivity contribution in [1.82, 2.24) is 15.3 Å². The van der Waals surface area contributed by atoms with Gasteiger partial charge in [-0.3, -0.25) is 14.8 Å². The predicted molar refractivity (Wildman–Crippen MR) is 134 cm³/mol. The second-order valence-corrected chi connectivity index (χ2v) is 9.76. The van der Waals surface area contributed by atoms with Crippen LogP contribution in [-0.4, -0.2) is 36.6 Å². The summed E-state index contributed by atoms with van der Waals surface area (Å²) in [6, 6.07) is 9.00. The number of nitrogens with zero attached hydrogens (tertiary/aromatic N) is 3. The van der Waals surface area contributed by atoms with Gasteiger partial charge in [-0.05, 0) is 35.7 Å². The lowest BCUT2D eigenvalue weighted by Gasteiger charge is -2.25. The molecule has 0 saturated carbocycles. The van der Waals surface area contributed by atoms with E-state index in [0.717, 1.165) is 33.7 Å². The van der Waals surface area contributed by atoms with Crippen LogP contribution >= 0.6 is 34.5 Å². The molecule has 4 heterocycles. The van der Waals surface area contributed by atoms with Gasteiger partial charge in [0.15, 0.2) is 0 Å². The van der Waals surface area contributed by atoms with Gasteiger partial charge in [0, 0.05) is 53.9 Å². The number of pyridine rings is 2. The van der Waals surface area contributed by atoms with Crippen LogP contribution in [0, 0.1) is 0 Å². The first-order chi connectivity index (χ1) is 15.9. The van der Waals surface area contributed by atoms with Crippen LogP contribution < -0.4 is 15.0 Å². The number of carbonyl (C=O) groups excluding carboxylic acids is 1. The van der Waals surface area contributed by atoms with Crippen LogP contribution in [0.5, 0.6) is 5.75 Å². The Morgan fingerprint density at radius 1 is 1.18 bits per heavy atom. The summed E-state index contributed by atoms with van der Waals surface area (Å²) in [4.78, 5) is 25.5. The van der Waals surface area contributed by atoms with Crippen molar-refractivity contribution in [2.75, 3.05) is 25.6 Å². The molecule has 0 unspecified atom stereocenters. The average Bonchev–Trinajstić information content (AvgIpc) is 3.27. The summed E-state index contributed by atoms with van der Waals surface area (Å²) in [5.41, 5.74) is 3.35. The molecule has 33 heavy (non-hydrogen) atoms. The molecule has 0 bridgehead atoms. The summed E-state index contributed by atoms with van der Waals surface area (Å²) < 4.78 is 5.69. The predicted octanol–water partition coefficient (Wildman–Crippen LogP) is 5.98. The fraction of sp³-hybridized carbons (Fsp3) is 0.208.